The van der Waals surface area contributed by atoms with Crippen molar-refractivity contribution >= 4 is 0 Å². The summed E-state index contributed by atoms with van der Waals surface area (Å²) in [5, 5.41) is 5.34. The van der Waals surface area contributed by atoms with Gasteiger partial charge in [-0.25, -0.2) is 0 Å². The molecular formula is C14H11F6N3O. The molecule has 2 aromatic heterocycles. The van der Waals surface area contributed by atoms with E-state index in [9.17, 15) is 26.3 Å². The lowest BCUT2D eigenvalue weighted by Crippen LogP contribution is -2.19. The number of nitrogens with one attached hydrogen (secondary N) is 1. The SMILES string of the molecule is FC(F)(F)COc1cc(-c2cc(C(F)(F)F)[nH]n2)ncc1C1CC1. The van der Waals surface area contributed by atoms with Crippen LogP contribution in [0.25, 0.3) is 11.4 Å². The Kier molecular flexibility index (Phi) is 3.92. The number of nitrogens with zero attached hydrogens (tertiary/aromatic N) is 2. The molecule has 0 amide bonds. The van der Waals surface area contributed by atoms with Gasteiger partial charge in [-0.15, -0.1) is 0 Å². The summed E-state index contributed by atoms with van der Waals surface area (Å²) in [4.78, 5) is 4.00. The summed E-state index contributed by atoms with van der Waals surface area (Å²) in [7, 11) is 0. The van der Waals surface area contributed by atoms with Crippen LogP contribution >= 0.6 is 0 Å². The molecule has 0 spiro atoms. The second-order valence-corrected chi connectivity index (χ2v) is 5.45. The maximum atomic E-state index is 12.6. The van der Waals surface area contributed by atoms with Crippen molar-refractivity contribution in [3.8, 4) is 17.1 Å². The summed E-state index contributed by atoms with van der Waals surface area (Å²) in [5.74, 6) is 0.0380. The van der Waals surface area contributed by atoms with Crippen LogP contribution < -0.4 is 4.74 Å². The maximum Gasteiger partial charge on any atom is 0.432 e. The van der Waals surface area contributed by atoms with Crippen LogP contribution in [0, 0.1) is 0 Å². The molecule has 0 saturated heterocycles. The molecule has 0 bridgehead atoms. The van der Waals surface area contributed by atoms with E-state index in [1.165, 1.54) is 12.3 Å². The summed E-state index contributed by atoms with van der Waals surface area (Å²) >= 11 is 0. The number of alkyl halides is 6. The summed E-state index contributed by atoms with van der Waals surface area (Å²) in [5.41, 5.74) is -0.664. The zero-order valence-corrected chi connectivity index (χ0v) is 12.0. The third-order valence-electron chi connectivity index (χ3n) is 3.45. The number of ether oxygens (including phenoxy) is 1. The number of aromatic amines is 1. The van der Waals surface area contributed by atoms with Crippen molar-refractivity contribution in [2.45, 2.75) is 31.1 Å². The molecule has 24 heavy (non-hydrogen) atoms. The Balaban J connectivity index is 1.90. The highest BCUT2D eigenvalue weighted by Crippen LogP contribution is 2.45. The molecule has 1 aliphatic carbocycles. The van der Waals surface area contributed by atoms with E-state index in [2.05, 4.69) is 10.1 Å². The second-order valence-electron chi connectivity index (χ2n) is 5.45. The van der Waals surface area contributed by atoms with E-state index >= 15 is 0 Å². The first-order chi connectivity index (χ1) is 11.1. The lowest BCUT2D eigenvalue weighted by atomic mass is 10.1. The molecule has 3 rings (SSSR count). The lowest BCUT2D eigenvalue weighted by Gasteiger charge is -2.13. The van der Waals surface area contributed by atoms with E-state index in [-0.39, 0.29) is 23.1 Å². The zero-order chi connectivity index (χ0) is 17.5. The molecule has 4 nitrogen and oxygen atoms in total. The summed E-state index contributed by atoms with van der Waals surface area (Å²) in [6.07, 6.45) is -6.16. The van der Waals surface area contributed by atoms with Crippen molar-refractivity contribution in [1.82, 2.24) is 15.2 Å². The summed E-state index contributed by atoms with van der Waals surface area (Å²) in [6.45, 7) is -1.48. The predicted octanol–water partition coefficient (Wildman–Crippen LogP) is 4.31. The van der Waals surface area contributed by atoms with Crippen LogP contribution in [0.5, 0.6) is 5.75 Å². The second kappa shape index (κ2) is 5.67. The Labute approximate surface area is 131 Å². The highest BCUT2D eigenvalue weighted by atomic mass is 19.4. The first-order valence-electron chi connectivity index (χ1n) is 6.96. The first kappa shape index (κ1) is 16.6. The predicted molar refractivity (Wildman–Crippen MR) is 70.3 cm³/mol. The Morgan fingerprint density at radius 3 is 2.33 bits per heavy atom. The average Bonchev–Trinajstić information content (AvgIpc) is 3.18. The molecule has 0 atom stereocenters. The van der Waals surface area contributed by atoms with Crippen molar-refractivity contribution < 1.29 is 31.1 Å². The van der Waals surface area contributed by atoms with Gasteiger partial charge in [0.15, 0.2) is 6.61 Å². The van der Waals surface area contributed by atoms with Crippen molar-refractivity contribution in [2.24, 2.45) is 0 Å². The van der Waals surface area contributed by atoms with E-state index in [4.69, 9.17) is 4.74 Å². The first-order valence-corrected chi connectivity index (χ1v) is 6.96. The van der Waals surface area contributed by atoms with Crippen molar-refractivity contribution in [2.75, 3.05) is 6.61 Å². The van der Waals surface area contributed by atoms with Crippen LogP contribution in [0.4, 0.5) is 26.3 Å². The highest BCUT2D eigenvalue weighted by Gasteiger charge is 2.34. The van der Waals surface area contributed by atoms with E-state index in [1.54, 1.807) is 0 Å². The number of hydrogen-bond donors (Lipinski definition) is 1. The van der Waals surface area contributed by atoms with Gasteiger partial charge in [0.05, 0.1) is 5.69 Å². The van der Waals surface area contributed by atoms with Gasteiger partial charge in [-0.2, -0.15) is 31.4 Å². The third kappa shape index (κ3) is 3.80. The monoisotopic (exact) mass is 351 g/mol. The van der Waals surface area contributed by atoms with Gasteiger partial charge < -0.3 is 4.74 Å². The van der Waals surface area contributed by atoms with Gasteiger partial charge in [0.25, 0.3) is 0 Å². The molecule has 1 aliphatic rings. The minimum absolute atomic E-state index is 0.00308. The Morgan fingerprint density at radius 2 is 1.79 bits per heavy atom. The van der Waals surface area contributed by atoms with Gasteiger partial charge in [-0.05, 0) is 24.8 Å². The number of H-pyrrole nitrogens is 1. The molecule has 130 valence electrons. The number of halogens is 6. The van der Waals surface area contributed by atoms with Crippen LogP contribution in [0.15, 0.2) is 18.3 Å². The fourth-order valence-electron chi connectivity index (χ4n) is 2.17. The average molecular weight is 351 g/mol. The van der Waals surface area contributed by atoms with E-state index in [0.29, 0.717) is 5.56 Å². The van der Waals surface area contributed by atoms with E-state index < -0.39 is 24.7 Å². The van der Waals surface area contributed by atoms with Gasteiger partial charge in [0.1, 0.15) is 17.1 Å². The van der Waals surface area contributed by atoms with Gasteiger partial charge in [-0.1, -0.05) is 0 Å². The summed E-state index contributed by atoms with van der Waals surface area (Å²) < 4.78 is 79.7. The minimum Gasteiger partial charge on any atom is -0.484 e. The summed E-state index contributed by atoms with van der Waals surface area (Å²) in [6, 6.07) is 1.93. The lowest BCUT2D eigenvalue weighted by molar-refractivity contribution is -0.153. The van der Waals surface area contributed by atoms with Crippen LogP contribution in [-0.4, -0.2) is 28.0 Å². The standard InChI is InChI=1S/C14H11F6N3O/c15-13(16,17)6-24-11-3-9(21-5-8(11)7-1-2-7)10-4-12(23-22-10)14(18,19)20/h3-5,7H,1-2,6H2,(H,22,23). The Bertz CT molecular complexity index is 733. The largest absolute Gasteiger partial charge is 0.484 e. The van der Waals surface area contributed by atoms with Gasteiger partial charge >= 0.3 is 12.4 Å². The molecule has 0 radical (unpaired) electrons. The smallest absolute Gasteiger partial charge is 0.432 e. The molecule has 1 saturated carbocycles. The van der Waals surface area contributed by atoms with Crippen molar-refractivity contribution in [3.05, 3.63) is 29.6 Å². The maximum absolute atomic E-state index is 12.6. The van der Waals surface area contributed by atoms with E-state index in [0.717, 1.165) is 18.9 Å². The quantitative estimate of drug-likeness (QED) is 0.835. The molecule has 1 N–H and O–H groups in total. The highest BCUT2D eigenvalue weighted by molar-refractivity contribution is 5.58. The molecule has 2 heterocycles. The molecular weight excluding hydrogens is 340 g/mol. The molecule has 0 aromatic carbocycles. The van der Waals surface area contributed by atoms with E-state index in [1.807, 2.05) is 5.10 Å². The zero-order valence-electron chi connectivity index (χ0n) is 12.0. The molecule has 2 aromatic rings. The number of hydrogen-bond acceptors (Lipinski definition) is 3. The van der Waals surface area contributed by atoms with Crippen molar-refractivity contribution in [3.63, 3.8) is 0 Å². The normalized spacial score (nSPS) is 15.6. The fraction of sp³-hybridized carbons (Fsp3) is 0.429. The molecule has 0 unspecified atom stereocenters. The third-order valence-corrected chi connectivity index (χ3v) is 3.45. The van der Waals surface area contributed by atoms with Gasteiger partial charge in [0, 0.05) is 17.8 Å². The van der Waals surface area contributed by atoms with Crippen LogP contribution in [0.2, 0.25) is 0 Å². The van der Waals surface area contributed by atoms with Gasteiger partial charge in [-0.3, -0.25) is 10.1 Å². The fourth-order valence-corrected chi connectivity index (χ4v) is 2.17. The van der Waals surface area contributed by atoms with Crippen LogP contribution in [0.1, 0.15) is 30.0 Å². The number of aromatic nitrogens is 3. The van der Waals surface area contributed by atoms with Gasteiger partial charge in [0.2, 0.25) is 0 Å². The van der Waals surface area contributed by atoms with Crippen LogP contribution in [0.3, 0.4) is 0 Å². The number of pyridine rings is 1. The molecule has 10 heteroatoms. The Hall–Kier alpha value is -2.26. The topological polar surface area (TPSA) is 50.8 Å². The minimum atomic E-state index is -4.60. The molecule has 1 fully saturated rings. The number of rotatable bonds is 4. The van der Waals surface area contributed by atoms with Crippen LogP contribution in [-0.2, 0) is 6.18 Å². The molecule has 0 aliphatic heterocycles. The Morgan fingerprint density at radius 1 is 1.08 bits per heavy atom. The van der Waals surface area contributed by atoms with Crippen molar-refractivity contribution in [1.29, 1.82) is 0 Å².